The Morgan fingerprint density at radius 1 is 1.15 bits per heavy atom. The Bertz CT molecular complexity index is 785. The Kier molecular flexibility index (Phi) is 4.54. The zero-order valence-electron chi connectivity index (χ0n) is 14.9. The number of carbonyl (C=O) groups is 2. The van der Waals surface area contributed by atoms with Crippen molar-refractivity contribution in [3.8, 4) is 0 Å². The van der Waals surface area contributed by atoms with Crippen molar-refractivity contribution >= 4 is 23.2 Å². The summed E-state index contributed by atoms with van der Waals surface area (Å²) in [5.41, 5.74) is 1.13. The molecule has 1 atom stereocenters. The normalized spacial score (nSPS) is 21.6. The van der Waals surface area contributed by atoms with E-state index in [1.165, 1.54) is 16.9 Å². The van der Waals surface area contributed by atoms with Crippen LogP contribution in [0.3, 0.4) is 0 Å². The number of benzene rings is 1. The van der Waals surface area contributed by atoms with Crippen molar-refractivity contribution in [2.75, 3.05) is 33.2 Å². The Morgan fingerprint density at radius 2 is 1.92 bits per heavy atom. The van der Waals surface area contributed by atoms with E-state index >= 15 is 0 Å². The van der Waals surface area contributed by atoms with Crippen LogP contribution in [0.2, 0.25) is 0 Å². The number of hydrogen-bond donors (Lipinski definition) is 1. The molecule has 4 rings (SSSR count). The van der Waals surface area contributed by atoms with Gasteiger partial charge in [-0.05, 0) is 17.0 Å². The zero-order chi connectivity index (χ0) is 18.1. The summed E-state index contributed by atoms with van der Waals surface area (Å²) in [5.74, 6) is 0.107. The number of likely N-dealkylation sites (tertiary alicyclic amines) is 2. The van der Waals surface area contributed by atoms with Crippen molar-refractivity contribution in [1.29, 1.82) is 0 Å². The van der Waals surface area contributed by atoms with Crippen molar-refractivity contribution in [1.82, 2.24) is 15.1 Å². The Balaban J connectivity index is 1.47. The summed E-state index contributed by atoms with van der Waals surface area (Å²) in [7, 11) is 1.70. The smallest absolute Gasteiger partial charge is 0.263 e. The maximum atomic E-state index is 12.6. The average Bonchev–Trinajstić information content (AvgIpc) is 3.28. The van der Waals surface area contributed by atoms with E-state index in [-0.39, 0.29) is 23.1 Å². The molecule has 2 aliphatic rings. The minimum Gasteiger partial charge on any atom is -0.359 e. The molecule has 136 valence electrons. The molecular formula is C20H23N3O2S. The van der Waals surface area contributed by atoms with Crippen molar-refractivity contribution < 1.29 is 9.59 Å². The molecule has 2 aromatic rings. The first-order valence-electron chi connectivity index (χ1n) is 8.92. The van der Waals surface area contributed by atoms with Gasteiger partial charge in [-0.1, -0.05) is 36.4 Å². The van der Waals surface area contributed by atoms with Crippen LogP contribution >= 0.6 is 11.3 Å². The summed E-state index contributed by atoms with van der Waals surface area (Å²) in [6.07, 6.45) is 0. The predicted octanol–water partition coefficient (Wildman–Crippen LogP) is 2.07. The molecule has 0 aliphatic carbocycles. The number of nitrogens with one attached hydrogen (secondary N) is 1. The summed E-state index contributed by atoms with van der Waals surface area (Å²) < 4.78 is 0. The molecule has 0 saturated carbocycles. The topological polar surface area (TPSA) is 52.7 Å². The monoisotopic (exact) mass is 369 g/mol. The highest BCUT2D eigenvalue weighted by Gasteiger charge is 2.57. The predicted molar refractivity (Wildman–Crippen MR) is 102 cm³/mol. The molecule has 5 nitrogen and oxygen atoms in total. The highest BCUT2D eigenvalue weighted by Crippen LogP contribution is 2.45. The lowest BCUT2D eigenvalue weighted by Crippen LogP contribution is -2.63. The van der Waals surface area contributed by atoms with Crippen LogP contribution in [0.15, 0.2) is 47.8 Å². The van der Waals surface area contributed by atoms with Gasteiger partial charge in [-0.25, -0.2) is 0 Å². The molecule has 2 fully saturated rings. The molecule has 2 amide bonds. The first-order valence-corrected chi connectivity index (χ1v) is 9.80. The van der Waals surface area contributed by atoms with Crippen molar-refractivity contribution in [2.45, 2.75) is 6.54 Å². The Labute approximate surface area is 157 Å². The van der Waals surface area contributed by atoms with E-state index in [0.29, 0.717) is 13.1 Å². The van der Waals surface area contributed by atoms with Gasteiger partial charge in [0.1, 0.15) is 0 Å². The highest BCUT2D eigenvalue weighted by atomic mass is 32.1. The maximum absolute atomic E-state index is 12.6. The van der Waals surface area contributed by atoms with E-state index in [4.69, 9.17) is 0 Å². The molecular weight excluding hydrogens is 346 g/mol. The van der Waals surface area contributed by atoms with Gasteiger partial charge in [0.25, 0.3) is 5.91 Å². The molecule has 2 saturated heterocycles. The third-order valence-electron chi connectivity index (χ3n) is 5.56. The van der Waals surface area contributed by atoms with E-state index in [1.807, 2.05) is 40.6 Å². The molecule has 1 aromatic carbocycles. The number of thiophene rings is 1. The molecule has 0 radical (unpaired) electrons. The molecule has 6 heteroatoms. The van der Waals surface area contributed by atoms with E-state index in [0.717, 1.165) is 24.5 Å². The summed E-state index contributed by atoms with van der Waals surface area (Å²) in [4.78, 5) is 30.1. The molecule has 1 unspecified atom stereocenters. The lowest BCUT2D eigenvalue weighted by molar-refractivity contribution is -0.130. The molecule has 3 heterocycles. The number of carbonyl (C=O) groups excluding carboxylic acids is 2. The van der Waals surface area contributed by atoms with Gasteiger partial charge in [-0.3, -0.25) is 14.5 Å². The summed E-state index contributed by atoms with van der Waals surface area (Å²) in [5, 5.41) is 4.74. The van der Waals surface area contributed by atoms with Crippen molar-refractivity contribution in [3.63, 3.8) is 0 Å². The fourth-order valence-corrected chi connectivity index (χ4v) is 4.99. The van der Waals surface area contributed by atoms with Crippen LogP contribution in [0.5, 0.6) is 0 Å². The fraction of sp³-hybridized carbons (Fsp3) is 0.400. The second kappa shape index (κ2) is 6.85. The van der Waals surface area contributed by atoms with Gasteiger partial charge in [0.2, 0.25) is 5.91 Å². The van der Waals surface area contributed by atoms with Crippen LogP contribution in [0.1, 0.15) is 15.2 Å². The van der Waals surface area contributed by atoms with E-state index in [2.05, 4.69) is 22.3 Å². The molecule has 1 N–H and O–H groups in total. The second-order valence-electron chi connectivity index (χ2n) is 7.32. The fourth-order valence-electron chi connectivity index (χ4n) is 4.30. The van der Waals surface area contributed by atoms with Gasteiger partial charge in [0, 0.05) is 45.2 Å². The SMILES string of the molecule is CNC(=O)C1CN(Cc2ccccc2)CC12CN(C(=O)c1cccs1)C2. The van der Waals surface area contributed by atoms with E-state index in [9.17, 15) is 9.59 Å². The standard InChI is InChI=1S/C20H23N3O2S/c1-21-18(24)16-11-22(10-15-6-3-2-4-7-15)12-20(16)13-23(14-20)19(25)17-8-5-9-26-17/h2-9,16H,10-14H2,1H3,(H,21,24). The zero-order valence-corrected chi connectivity index (χ0v) is 15.7. The van der Waals surface area contributed by atoms with Crippen LogP contribution < -0.4 is 5.32 Å². The minimum atomic E-state index is -0.123. The lowest BCUT2D eigenvalue weighted by atomic mass is 9.71. The molecule has 1 aromatic heterocycles. The quantitative estimate of drug-likeness (QED) is 0.898. The number of rotatable bonds is 4. The molecule has 2 aliphatic heterocycles. The first kappa shape index (κ1) is 17.2. The Hall–Kier alpha value is -2.18. The van der Waals surface area contributed by atoms with Gasteiger partial charge in [-0.15, -0.1) is 11.3 Å². The van der Waals surface area contributed by atoms with Gasteiger partial charge >= 0.3 is 0 Å². The van der Waals surface area contributed by atoms with Gasteiger partial charge in [0.15, 0.2) is 0 Å². The third-order valence-corrected chi connectivity index (χ3v) is 6.42. The molecule has 26 heavy (non-hydrogen) atoms. The molecule has 1 spiro atoms. The Morgan fingerprint density at radius 3 is 2.58 bits per heavy atom. The summed E-state index contributed by atoms with van der Waals surface area (Å²) in [6, 6.07) is 14.1. The largest absolute Gasteiger partial charge is 0.359 e. The number of amides is 2. The molecule has 0 bridgehead atoms. The van der Waals surface area contributed by atoms with E-state index in [1.54, 1.807) is 7.05 Å². The van der Waals surface area contributed by atoms with Gasteiger partial charge < -0.3 is 10.2 Å². The lowest BCUT2D eigenvalue weighted by Gasteiger charge is -2.50. The van der Waals surface area contributed by atoms with Crippen LogP contribution in [-0.4, -0.2) is 54.8 Å². The first-order chi connectivity index (χ1) is 12.6. The van der Waals surface area contributed by atoms with Gasteiger partial charge in [0.05, 0.1) is 10.8 Å². The second-order valence-corrected chi connectivity index (χ2v) is 8.27. The average molecular weight is 369 g/mol. The van der Waals surface area contributed by atoms with Crippen LogP contribution in [0, 0.1) is 11.3 Å². The highest BCUT2D eigenvalue weighted by molar-refractivity contribution is 7.12. The number of nitrogens with zero attached hydrogens (tertiary/aromatic N) is 2. The summed E-state index contributed by atoms with van der Waals surface area (Å²) in [6.45, 7) is 3.76. The van der Waals surface area contributed by atoms with Crippen LogP contribution in [-0.2, 0) is 11.3 Å². The minimum absolute atomic E-state index is 0.0661. The van der Waals surface area contributed by atoms with Crippen LogP contribution in [0.25, 0.3) is 0 Å². The van der Waals surface area contributed by atoms with Gasteiger partial charge in [-0.2, -0.15) is 0 Å². The van der Waals surface area contributed by atoms with Crippen molar-refractivity contribution in [2.24, 2.45) is 11.3 Å². The summed E-state index contributed by atoms with van der Waals surface area (Å²) >= 11 is 1.47. The third kappa shape index (κ3) is 3.04. The van der Waals surface area contributed by atoms with Crippen LogP contribution in [0.4, 0.5) is 0 Å². The van der Waals surface area contributed by atoms with E-state index < -0.39 is 0 Å². The number of hydrogen-bond acceptors (Lipinski definition) is 4. The van der Waals surface area contributed by atoms with Crippen molar-refractivity contribution in [3.05, 3.63) is 58.3 Å². The maximum Gasteiger partial charge on any atom is 0.263 e.